The monoisotopic (exact) mass is 351 g/mol. The lowest BCUT2D eigenvalue weighted by Crippen LogP contribution is -2.33. The van der Waals surface area contributed by atoms with Gasteiger partial charge < -0.3 is 10.2 Å². The minimum atomic E-state index is -0.860. The van der Waals surface area contributed by atoms with Gasteiger partial charge in [0.05, 0.1) is 16.7 Å². The summed E-state index contributed by atoms with van der Waals surface area (Å²) in [7, 11) is 0. The number of hydroxylamine groups is 2. The first-order chi connectivity index (χ1) is 12.6. The van der Waals surface area contributed by atoms with E-state index in [1.807, 2.05) is 0 Å². The van der Waals surface area contributed by atoms with E-state index in [2.05, 4.69) is 5.32 Å². The molecule has 0 bridgehead atoms. The minimum absolute atomic E-state index is 0.124. The first-order valence-electron chi connectivity index (χ1n) is 7.92. The number of urea groups is 1. The molecule has 26 heavy (non-hydrogen) atoms. The molecule has 2 aliphatic rings. The number of benzene rings is 2. The normalized spacial score (nSPS) is 15.9. The van der Waals surface area contributed by atoms with Crippen LogP contribution in [0, 0.1) is 0 Å². The predicted octanol–water partition coefficient (Wildman–Crippen LogP) is 1.58. The van der Waals surface area contributed by atoms with Crippen LogP contribution in [-0.2, 0) is 4.84 Å². The molecule has 0 unspecified atom stereocenters. The Balaban J connectivity index is 1.55. The maximum absolute atomic E-state index is 12.4. The standard InChI is InChI=1S/C18H13N3O5/c22-15-13-6-1-2-7-14(13)16(23)21(15)26-17(24)11-4-3-5-12(10-11)20-9-8-19-18(20)25/h1-7,10H,8-9H2,(H,19,25). The quantitative estimate of drug-likeness (QED) is 0.847. The summed E-state index contributed by atoms with van der Waals surface area (Å²) in [5.41, 5.74) is 1.02. The number of anilines is 1. The van der Waals surface area contributed by atoms with Crippen LogP contribution in [0.15, 0.2) is 48.5 Å². The average molecular weight is 351 g/mol. The molecule has 2 aromatic rings. The van der Waals surface area contributed by atoms with Crippen LogP contribution in [0.3, 0.4) is 0 Å². The lowest BCUT2D eigenvalue weighted by atomic mass is 10.1. The van der Waals surface area contributed by atoms with Gasteiger partial charge in [-0.25, -0.2) is 9.59 Å². The van der Waals surface area contributed by atoms with Crippen molar-refractivity contribution in [2.24, 2.45) is 0 Å². The van der Waals surface area contributed by atoms with Gasteiger partial charge >= 0.3 is 12.0 Å². The van der Waals surface area contributed by atoms with E-state index >= 15 is 0 Å². The van der Waals surface area contributed by atoms with Crippen LogP contribution in [0.5, 0.6) is 0 Å². The van der Waals surface area contributed by atoms with Crippen molar-refractivity contribution in [2.45, 2.75) is 0 Å². The predicted molar refractivity (Wildman–Crippen MR) is 89.5 cm³/mol. The molecule has 0 spiro atoms. The molecule has 0 radical (unpaired) electrons. The first-order valence-corrected chi connectivity index (χ1v) is 7.92. The zero-order valence-corrected chi connectivity index (χ0v) is 13.5. The van der Waals surface area contributed by atoms with E-state index in [1.54, 1.807) is 24.3 Å². The molecule has 2 heterocycles. The molecule has 1 N–H and O–H groups in total. The highest BCUT2D eigenvalue weighted by Gasteiger charge is 2.38. The fraction of sp³-hybridized carbons (Fsp3) is 0.111. The third kappa shape index (κ3) is 2.48. The summed E-state index contributed by atoms with van der Waals surface area (Å²) in [6.45, 7) is 0.998. The number of imide groups is 1. The molecule has 2 aromatic carbocycles. The van der Waals surface area contributed by atoms with Gasteiger partial charge in [-0.2, -0.15) is 0 Å². The third-order valence-electron chi connectivity index (χ3n) is 4.18. The van der Waals surface area contributed by atoms with Crippen molar-refractivity contribution in [2.75, 3.05) is 18.0 Å². The Kier molecular flexibility index (Phi) is 3.65. The summed E-state index contributed by atoms with van der Waals surface area (Å²) in [6.07, 6.45) is 0. The number of hydrogen-bond donors (Lipinski definition) is 1. The summed E-state index contributed by atoms with van der Waals surface area (Å²) in [6, 6.07) is 12.2. The molecule has 1 saturated heterocycles. The van der Waals surface area contributed by atoms with Crippen molar-refractivity contribution in [1.29, 1.82) is 0 Å². The van der Waals surface area contributed by atoms with Crippen LogP contribution in [0.1, 0.15) is 31.1 Å². The summed E-state index contributed by atoms with van der Waals surface area (Å²) in [5, 5.41) is 3.13. The number of nitrogens with one attached hydrogen (secondary N) is 1. The van der Waals surface area contributed by atoms with E-state index in [9.17, 15) is 19.2 Å². The Bertz CT molecular complexity index is 920. The molecule has 4 amide bonds. The van der Waals surface area contributed by atoms with Crippen LogP contribution in [0.25, 0.3) is 0 Å². The van der Waals surface area contributed by atoms with Crippen molar-refractivity contribution in [1.82, 2.24) is 10.4 Å². The Labute approximate surface area is 147 Å². The molecule has 1 fully saturated rings. The van der Waals surface area contributed by atoms with Gasteiger partial charge in [0.2, 0.25) is 0 Å². The van der Waals surface area contributed by atoms with Gasteiger partial charge in [0.25, 0.3) is 11.8 Å². The number of amides is 4. The number of fused-ring (bicyclic) bond motifs is 1. The van der Waals surface area contributed by atoms with E-state index in [-0.39, 0.29) is 22.7 Å². The van der Waals surface area contributed by atoms with Gasteiger partial charge in [0.1, 0.15) is 0 Å². The number of carbonyl (C=O) groups excluding carboxylic acids is 4. The Morgan fingerprint density at radius 2 is 1.65 bits per heavy atom. The highest BCUT2D eigenvalue weighted by atomic mass is 16.7. The Morgan fingerprint density at radius 1 is 0.962 bits per heavy atom. The first kappa shape index (κ1) is 15.8. The molecule has 4 rings (SSSR count). The molecule has 130 valence electrons. The fourth-order valence-corrected chi connectivity index (χ4v) is 2.90. The molecular formula is C18H13N3O5. The van der Waals surface area contributed by atoms with Crippen LogP contribution in [0.4, 0.5) is 10.5 Å². The van der Waals surface area contributed by atoms with E-state index in [0.29, 0.717) is 23.8 Å². The minimum Gasteiger partial charge on any atom is -0.336 e. The number of hydrogen-bond acceptors (Lipinski definition) is 5. The second-order valence-electron chi connectivity index (χ2n) is 5.76. The maximum Gasteiger partial charge on any atom is 0.364 e. The van der Waals surface area contributed by atoms with Crippen molar-refractivity contribution in [3.63, 3.8) is 0 Å². The molecule has 8 nitrogen and oxygen atoms in total. The number of rotatable bonds is 3. The highest BCUT2D eigenvalue weighted by molar-refractivity contribution is 6.21. The van der Waals surface area contributed by atoms with Gasteiger partial charge in [-0.15, -0.1) is 0 Å². The van der Waals surface area contributed by atoms with E-state index < -0.39 is 17.8 Å². The zero-order valence-electron chi connectivity index (χ0n) is 13.5. The molecule has 0 atom stereocenters. The van der Waals surface area contributed by atoms with Gasteiger partial charge in [-0.3, -0.25) is 14.5 Å². The number of nitrogens with zero attached hydrogens (tertiary/aromatic N) is 2. The fourth-order valence-electron chi connectivity index (χ4n) is 2.90. The van der Waals surface area contributed by atoms with Gasteiger partial charge in [0.15, 0.2) is 0 Å². The van der Waals surface area contributed by atoms with Crippen molar-refractivity contribution in [3.05, 3.63) is 65.2 Å². The van der Waals surface area contributed by atoms with E-state index in [4.69, 9.17) is 4.84 Å². The van der Waals surface area contributed by atoms with Crippen LogP contribution in [-0.4, -0.2) is 42.0 Å². The van der Waals surface area contributed by atoms with Crippen molar-refractivity contribution < 1.29 is 24.0 Å². The summed E-state index contributed by atoms with van der Waals surface area (Å²) in [5.74, 6) is -2.23. The third-order valence-corrected chi connectivity index (χ3v) is 4.18. The van der Waals surface area contributed by atoms with Gasteiger partial charge in [-0.05, 0) is 30.3 Å². The Hall–Kier alpha value is -3.68. The maximum atomic E-state index is 12.4. The molecule has 2 aliphatic heterocycles. The summed E-state index contributed by atoms with van der Waals surface area (Å²) in [4.78, 5) is 55.2. The number of carbonyl (C=O) groups is 4. The average Bonchev–Trinajstić information content (AvgIpc) is 3.19. The lowest BCUT2D eigenvalue weighted by Gasteiger charge is -2.16. The molecular weight excluding hydrogens is 338 g/mol. The van der Waals surface area contributed by atoms with Gasteiger partial charge in [0, 0.05) is 18.8 Å². The molecule has 8 heteroatoms. The smallest absolute Gasteiger partial charge is 0.336 e. The second kappa shape index (κ2) is 5.99. The van der Waals surface area contributed by atoms with E-state index in [0.717, 1.165) is 0 Å². The van der Waals surface area contributed by atoms with Crippen molar-refractivity contribution in [3.8, 4) is 0 Å². The largest absolute Gasteiger partial charge is 0.364 e. The summed E-state index contributed by atoms with van der Waals surface area (Å²) < 4.78 is 0. The summed E-state index contributed by atoms with van der Waals surface area (Å²) >= 11 is 0. The van der Waals surface area contributed by atoms with Gasteiger partial charge in [-0.1, -0.05) is 23.3 Å². The molecule has 0 aromatic heterocycles. The van der Waals surface area contributed by atoms with Crippen LogP contribution >= 0.6 is 0 Å². The topological polar surface area (TPSA) is 96.0 Å². The molecule has 0 saturated carbocycles. The SMILES string of the molecule is O=C(ON1C(=O)c2ccccc2C1=O)c1cccc(N2CCNC2=O)c1. The Morgan fingerprint density at radius 3 is 2.27 bits per heavy atom. The second-order valence-corrected chi connectivity index (χ2v) is 5.76. The highest BCUT2D eigenvalue weighted by Crippen LogP contribution is 2.24. The van der Waals surface area contributed by atoms with E-state index in [1.165, 1.54) is 29.2 Å². The zero-order chi connectivity index (χ0) is 18.3. The van der Waals surface area contributed by atoms with Crippen molar-refractivity contribution >= 4 is 29.5 Å². The molecule has 0 aliphatic carbocycles. The lowest BCUT2D eigenvalue weighted by molar-refractivity contribution is -0.0584. The van der Waals surface area contributed by atoms with Crippen LogP contribution < -0.4 is 10.2 Å². The van der Waals surface area contributed by atoms with Crippen LogP contribution in [0.2, 0.25) is 0 Å².